The minimum Gasteiger partial charge on any atom is -0.497 e. The third kappa shape index (κ3) is 18.7. The molecule has 408 valence electrons. The molecule has 7 aromatic heterocycles. The molecule has 10 rings (SSSR count). The third-order valence-electron chi connectivity index (χ3n) is 10.8. The topological polar surface area (TPSA) is 337 Å². The Morgan fingerprint density at radius 2 is 1.04 bits per heavy atom. The number of methoxy groups -OCH3 is 1. The lowest BCUT2D eigenvalue weighted by atomic mass is 10.1. The number of nitrogen functional groups attached to an aromatic ring is 4. The third-order valence-corrected chi connectivity index (χ3v) is 11.4. The number of benzene rings is 3. The molecule has 0 aliphatic carbocycles. The quantitative estimate of drug-likeness (QED) is 0.0303. The van der Waals surface area contributed by atoms with Gasteiger partial charge in [-0.05, 0) is 86.2 Å². The molecular weight excluding hydrogens is 1070 g/mol. The smallest absolute Gasteiger partial charge is 0.305 e. The minimum atomic E-state index is -0.416. The van der Waals surface area contributed by atoms with Crippen molar-refractivity contribution in [2.45, 2.75) is 33.1 Å². The van der Waals surface area contributed by atoms with Crippen LogP contribution < -0.4 is 54.5 Å². The molecule has 3 aromatic carbocycles. The van der Waals surface area contributed by atoms with E-state index in [1.54, 1.807) is 49.8 Å². The number of halogens is 3. The molecule has 26 heteroatoms. The molecule has 0 aliphatic rings. The Bertz CT molecular complexity index is 3430. The molecule has 23 nitrogen and oxygen atoms in total. The van der Waals surface area contributed by atoms with Crippen LogP contribution in [0.5, 0.6) is 5.75 Å². The summed E-state index contributed by atoms with van der Waals surface area (Å²) >= 11 is 16.7. The molecule has 0 bridgehead atoms. The standard InChI is InChI=1S/C18H18N6O2.C18H20N6O2.C13H15ClN4.C4H3Cl2N3/c1-25-13-6-4-12(5-7-13)8-9-20-15-11-16-22-17(14-3-2-10-26-14)23-24(16)18(19)21-15;1-12-4-6-13(7-5-12)8-9-20-15-11-16(22-18(19)21-15)23-24-17(25)14-3-2-10-26-14;1-9-2-4-10(5-3-9)6-7-16-12-8-11(14)17-13(15)18-12;5-2-1-3(6)9-4(7)8-2/h2-7,10-11,20H,8-9H2,1H3,(H2,19,21);2-7,10-11H,8-9H2,1H3,(H,24,25)(H4,19,20,21,22,23);2-5,8H,6-7H2,1H3,(H3,15,16,17,18);1H,(H2,7,8,9). The Kier molecular flexibility index (Phi) is 20.7. The number of fused-ring (bicyclic) bond motifs is 1. The number of nitrogens with two attached hydrogens (primary N) is 4. The lowest BCUT2D eigenvalue weighted by Gasteiger charge is -2.10. The number of carbonyl (C=O) groups excluding carboxylic acids is 1. The van der Waals surface area contributed by atoms with E-state index in [0.29, 0.717) is 58.7 Å². The molecule has 10 aromatic rings. The van der Waals surface area contributed by atoms with Crippen molar-refractivity contribution in [3.63, 3.8) is 0 Å². The zero-order chi connectivity index (χ0) is 56.1. The molecule has 79 heavy (non-hydrogen) atoms. The van der Waals surface area contributed by atoms with E-state index in [0.717, 1.165) is 31.6 Å². The van der Waals surface area contributed by atoms with Crippen molar-refractivity contribution in [2.24, 2.45) is 0 Å². The number of rotatable bonds is 17. The molecule has 0 aliphatic heterocycles. The van der Waals surface area contributed by atoms with Gasteiger partial charge in [0.15, 0.2) is 23.0 Å². The van der Waals surface area contributed by atoms with Gasteiger partial charge in [-0.1, -0.05) is 107 Å². The van der Waals surface area contributed by atoms with Gasteiger partial charge in [0.25, 0.3) is 0 Å². The molecule has 0 unspecified atom stereocenters. The predicted octanol–water partition coefficient (Wildman–Crippen LogP) is 9.04. The van der Waals surface area contributed by atoms with Crippen molar-refractivity contribution in [1.82, 2.24) is 54.9 Å². The number of furan rings is 2. The fraction of sp³-hybridized carbons (Fsp3) is 0.170. The summed E-state index contributed by atoms with van der Waals surface area (Å²) in [4.78, 5) is 43.8. The molecular formula is C53H56Cl3N19O4. The second-order valence-corrected chi connectivity index (χ2v) is 18.1. The highest BCUT2D eigenvalue weighted by atomic mass is 35.5. The molecule has 0 spiro atoms. The first-order valence-electron chi connectivity index (χ1n) is 24.2. The van der Waals surface area contributed by atoms with E-state index in [2.05, 4.69) is 134 Å². The molecule has 1 amide bonds. The fourth-order valence-corrected chi connectivity index (χ4v) is 7.59. The molecule has 7 heterocycles. The van der Waals surface area contributed by atoms with Gasteiger partial charge in [-0.3, -0.25) is 15.6 Å². The van der Waals surface area contributed by atoms with Gasteiger partial charge in [-0.15, -0.1) is 5.10 Å². The number of anilines is 8. The van der Waals surface area contributed by atoms with Crippen molar-refractivity contribution in [3.05, 3.63) is 183 Å². The number of aryl methyl sites for hydroxylation is 2. The highest BCUT2D eigenvalue weighted by Gasteiger charge is 2.13. The number of hydrazine groups is 1. The molecule has 0 saturated carbocycles. The maximum absolute atomic E-state index is 11.8. The largest absolute Gasteiger partial charge is 0.497 e. The van der Waals surface area contributed by atoms with Crippen molar-refractivity contribution < 1.29 is 18.4 Å². The lowest BCUT2D eigenvalue weighted by Crippen LogP contribution is -2.29. The Balaban J connectivity index is 0.000000161. The van der Waals surface area contributed by atoms with E-state index in [1.165, 1.54) is 44.7 Å². The SMILES string of the molecule is COc1ccc(CCNc2cc3nc(-c4ccco4)nn3c(N)n2)cc1.Cc1ccc(CCNc2cc(Cl)nc(N)n2)cc1.Cc1ccc(CCNc2cc(NNC(=O)c3ccco3)nc(N)n2)cc1.Nc1nc(Cl)cc(Cl)n1. The molecule has 13 N–H and O–H groups in total. The van der Waals surface area contributed by atoms with Crippen LogP contribution in [0.3, 0.4) is 0 Å². The monoisotopic (exact) mass is 1130 g/mol. The minimum absolute atomic E-state index is 0.0903. The maximum Gasteiger partial charge on any atom is 0.305 e. The summed E-state index contributed by atoms with van der Waals surface area (Å²) in [6.07, 6.45) is 5.62. The first kappa shape index (κ1) is 57.3. The van der Waals surface area contributed by atoms with Crippen molar-refractivity contribution >= 4 is 93.4 Å². The summed E-state index contributed by atoms with van der Waals surface area (Å²) in [6, 6.07) is 38.1. The van der Waals surface area contributed by atoms with Crippen LogP contribution in [0.2, 0.25) is 15.5 Å². The zero-order valence-electron chi connectivity index (χ0n) is 43.0. The average Bonchev–Trinajstić information content (AvgIpc) is 4.33. The Labute approximate surface area is 468 Å². The average molecular weight is 1130 g/mol. The zero-order valence-corrected chi connectivity index (χ0v) is 45.3. The number of hydrogen-bond donors (Lipinski definition) is 9. The first-order valence-corrected chi connectivity index (χ1v) is 25.3. The molecule has 0 atom stereocenters. The highest BCUT2D eigenvalue weighted by Crippen LogP contribution is 2.21. The Morgan fingerprint density at radius 1 is 0.557 bits per heavy atom. The lowest BCUT2D eigenvalue weighted by molar-refractivity contribution is 0.0935. The highest BCUT2D eigenvalue weighted by molar-refractivity contribution is 6.33. The van der Waals surface area contributed by atoms with Gasteiger partial charge >= 0.3 is 5.91 Å². The normalized spacial score (nSPS) is 10.5. The summed E-state index contributed by atoms with van der Waals surface area (Å²) in [5.74, 6) is 4.56. The van der Waals surface area contributed by atoms with Gasteiger partial charge in [-0.2, -0.15) is 24.5 Å². The van der Waals surface area contributed by atoms with Crippen LogP contribution >= 0.6 is 34.8 Å². The second kappa shape index (κ2) is 28.6. The number of amides is 1. The number of hydrogen-bond acceptors (Lipinski definition) is 21. The van der Waals surface area contributed by atoms with Crippen molar-refractivity contribution in [1.29, 1.82) is 0 Å². The van der Waals surface area contributed by atoms with Crippen LogP contribution in [0.1, 0.15) is 38.4 Å². The van der Waals surface area contributed by atoms with Crippen LogP contribution in [0, 0.1) is 13.8 Å². The van der Waals surface area contributed by atoms with Crippen LogP contribution in [-0.2, 0) is 19.3 Å². The van der Waals surface area contributed by atoms with Gasteiger partial charge in [0.05, 0.1) is 19.6 Å². The first-order chi connectivity index (χ1) is 38.1. The Hall–Kier alpha value is -9.45. The van der Waals surface area contributed by atoms with Gasteiger partial charge in [-0.25, -0.2) is 19.9 Å². The van der Waals surface area contributed by atoms with Gasteiger partial charge < -0.3 is 52.5 Å². The van der Waals surface area contributed by atoms with Gasteiger partial charge in [0, 0.05) is 43.9 Å². The molecule has 0 radical (unpaired) electrons. The van der Waals surface area contributed by atoms with E-state index in [4.69, 9.17) is 71.3 Å². The number of aromatic nitrogens is 10. The van der Waals surface area contributed by atoms with Gasteiger partial charge in [0.2, 0.25) is 29.6 Å². The van der Waals surface area contributed by atoms with Gasteiger partial charge in [0.1, 0.15) is 38.7 Å². The maximum atomic E-state index is 11.8. The van der Waals surface area contributed by atoms with Crippen molar-refractivity contribution in [2.75, 3.05) is 71.1 Å². The van der Waals surface area contributed by atoms with E-state index < -0.39 is 5.91 Å². The molecule has 0 saturated heterocycles. The number of nitrogens with zero attached hydrogens (tertiary/aromatic N) is 10. The number of carbonyl (C=O) groups is 1. The number of ether oxygens (including phenoxy) is 1. The summed E-state index contributed by atoms with van der Waals surface area (Å²) in [6.45, 7) is 6.32. The summed E-state index contributed by atoms with van der Waals surface area (Å²) in [5, 5.41) is 14.8. The van der Waals surface area contributed by atoms with Crippen LogP contribution in [0.25, 0.3) is 17.2 Å². The van der Waals surface area contributed by atoms with Crippen molar-refractivity contribution in [3.8, 4) is 17.3 Å². The number of nitrogens with one attached hydrogen (secondary N) is 5. The van der Waals surface area contributed by atoms with Crippen LogP contribution in [0.15, 0.2) is 143 Å². The summed E-state index contributed by atoms with van der Waals surface area (Å²) in [7, 11) is 1.66. The second-order valence-electron chi connectivity index (χ2n) is 16.9. The van der Waals surface area contributed by atoms with E-state index in [-0.39, 0.29) is 39.9 Å². The molecule has 0 fully saturated rings. The van der Waals surface area contributed by atoms with Crippen LogP contribution in [-0.4, -0.2) is 82.1 Å². The Morgan fingerprint density at radius 3 is 1.54 bits per heavy atom. The van der Waals surface area contributed by atoms with E-state index in [9.17, 15) is 4.79 Å². The summed E-state index contributed by atoms with van der Waals surface area (Å²) < 4.78 is 17.0. The summed E-state index contributed by atoms with van der Waals surface area (Å²) in [5.41, 5.74) is 34.4. The van der Waals surface area contributed by atoms with Crippen LogP contribution in [0.4, 0.5) is 47.1 Å². The fourth-order valence-electron chi connectivity index (χ4n) is 6.96. The van der Waals surface area contributed by atoms with E-state index in [1.807, 2.05) is 30.3 Å². The van der Waals surface area contributed by atoms with E-state index >= 15 is 0 Å². The predicted molar refractivity (Wildman–Crippen MR) is 309 cm³/mol.